The number of nitrogens with zero attached hydrogens (tertiary/aromatic N) is 1. The van der Waals surface area contributed by atoms with Gasteiger partial charge in [-0.15, -0.1) is 0 Å². The Morgan fingerprint density at radius 2 is 1.81 bits per heavy atom. The van der Waals surface area contributed by atoms with E-state index in [9.17, 15) is 14.4 Å². The first-order valence-corrected chi connectivity index (χ1v) is 8.50. The van der Waals surface area contributed by atoms with E-state index in [1.807, 2.05) is 0 Å². The molecule has 1 atom stereocenters. The molecule has 1 aliphatic rings. The predicted molar refractivity (Wildman–Crippen MR) is 99.0 cm³/mol. The van der Waals surface area contributed by atoms with Crippen LogP contribution >= 0.6 is 23.2 Å². The van der Waals surface area contributed by atoms with Crippen LogP contribution in [0.5, 0.6) is 0 Å². The standard InChI is InChI=1S/C18H14Cl2N2O4/c19-12-3-6-14(20)15(8-12)22-9-11(7-16(22)23)17(24)21-13-4-1-10(2-5-13)18(25)26/h1-6,8,11H,7,9H2,(H,21,24)(H,25,26)/t11-/m1/s1. The van der Waals surface area contributed by atoms with Gasteiger partial charge in [-0.25, -0.2) is 4.79 Å². The van der Waals surface area contributed by atoms with Crippen molar-refractivity contribution in [1.82, 2.24) is 0 Å². The van der Waals surface area contributed by atoms with E-state index in [1.165, 1.54) is 29.2 Å². The number of carboxylic acid groups (broad SMARTS) is 1. The molecule has 0 aliphatic carbocycles. The third kappa shape index (κ3) is 3.81. The summed E-state index contributed by atoms with van der Waals surface area (Å²) in [5.74, 6) is -2.12. The molecule has 2 amide bonds. The summed E-state index contributed by atoms with van der Waals surface area (Å²) in [4.78, 5) is 37.0. The van der Waals surface area contributed by atoms with Gasteiger partial charge in [-0.05, 0) is 42.5 Å². The monoisotopic (exact) mass is 392 g/mol. The highest BCUT2D eigenvalue weighted by atomic mass is 35.5. The molecule has 0 spiro atoms. The van der Waals surface area contributed by atoms with Gasteiger partial charge in [-0.1, -0.05) is 23.2 Å². The van der Waals surface area contributed by atoms with E-state index < -0.39 is 11.9 Å². The number of halogens is 2. The van der Waals surface area contributed by atoms with Gasteiger partial charge in [0.2, 0.25) is 11.8 Å². The van der Waals surface area contributed by atoms with Crippen LogP contribution in [0, 0.1) is 5.92 Å². The highest BCUT2D eigenvalue weighted by Crippen LogP contribution is 2.33. The van der Waals surface area contributed by atoms with Crippen LogP contribution in [0.2, 0.25) is 10.0 Å². The highest BCUT2D eigenvalue weighted by molar-refractivity contribution is 6.36. The molecule has 26 heavy (non-hydrogen) atoms. The maximum Gasteiger partial charge on any atom is 0.335 e. The van der Waals surface area contributed by atoms with Gasteiger partial charge in [0.15, 0.2) is 0 Å². The second-order valence-electron chi connectivity index (χ2n) is 5.87. The van der Waals surface area contributed by atoms with E-state index in [1.54, 1.807) is 18.2 Å². The molecule has 1 fully saturated rings. The molecule has 0 unspecified atom stereocenters. The third-order valence-electron chi connectivity index (χ3n) is 4.09. The Hall–Kier alpha value is -2.57. The molecule has 0 bridgehead atoms. The Morgan fingerprint density at radius 1 is 1.12 bits per heavy atom. The number of carbonyl (C=O) groups is 3. The van der Waals surface area contributed by atoms with E-state index in [0.717, 1.165) is 0 Å². The van der Waals surface area contributed by atoms with Crippen LogP contribution in [0.3, 0.4) is 0 Å². The number of anilines is 2. The molecule has 0 radical (unpaired) electrons. The van der Waals surface area contributed by atoms with Gasteiger partial charge >= 0.3 is 5.97 Å². The number of hydrogen-bond acceptors (Lipinski definition) is 3. The van der Waals surface area contributed by atoms with Gasteiger partial charge in [-0.2, -0.15) is 0 Å². The zero-order chi connectivity index (χ0) is 18.8. The lowest BCUT2D eigenvalue weighted by Gasteiger charge is -2.18. The van der Waals surface area contributed by atoms with Crippen molar-refractivity contribution in [1.29, 1.82) is 0 Å². The fraction of sp³-hybridized carbons (Fsp3) is 0.167. The first-order chi connectivity index (χ1) is 12.3. The maximum atomic E-state index is 12.4. The first kappa shape index (κ1) is 18.2. The maximum absolute atomic E-state index is 12.4. The van der Waals surface area contributed by atoms with Gasteiger partial charge < -0.3 is 15.3 Å². The molecule has 8 heteroatoms. The second kappa shape index (κ2) is 7.35. The molecule has 2 aromatic rings. The van der Waals surface area contributed by atoms with E-state index in [2.05, 4.69) is 5.32 Å². The molecule has 1 aliphatic heterocycles. The Labute approximate surface area is 159 Å². The van der Waals surface area contributed by atoms with E-state index >= 15 is 0 Å². The molecular weight excluding hydrogens is 379 g/mol. The Balaban J connectivity index is 1.70. The van der Waals surface area contributed by atoms with Crippen LogP contribution in [0.1, 0.15) is 16.8 Å². The summed E-state index contributed by atoms with van der Waals surface area (Å²) in [6, 6.07) is 10.6. The van der Waals surface area contributed by atoms with Gasteiger partial charge in [-0.3, -0.25) is 9.59 Å². The van der Waals surface area contributed by atoms with E-state index in [-0.39, 0.29) is 30.3 Å². The minimum absolute atomic E-state index is 0.0574. The van der Waals surface area contributed by atoms with Gasteiger partial charge in [0.05, 0.1) is 22.2 Å². The fourth-order valence-electron chi connectivity index (χ4n) is 2.75. The third-order valence-corrected chi connectivity index (χ3v) is 4.65. The number of carboxylic acids is 1. The minimum atomic E-state index is -1.04. The molecule has 6 nitrogen and oxygen atoms in total. The van der Waals surface area contributed by atoms with Gasteiger partial charge in [0, 0.05) is 23.7 Å². The van der Waals surface area contributed by atoms with Gasteiger partial charge in [0.1, 0.15) is 0 Å². The van der Waals surface area contributed by atoms with Crippen molar-refractivity contribution in [3.05, 3.63) is 58.1 Å². The summed E-state index contributed by atoms with van der Waals surface area (Å²) in [6.07, 6.45) is 0.0574. The van der Waals surface area contributed by atoms with Crippen molar-refractivity contribution in [3.63, 3.8) is 0 Å². The summed E-state index contributed by atoms with van der Waals surface area (Å²) in [6.45, 7) is 0.192. The summed E-state index contributed by atoms with van der Waals surface area (Å²) in [5.41, 5.74) is 1.07. The molecule has 134 valence electrons. The molecule has 1 saturated heterocycles. The number of benzene rings is 2. The van der Waals surface area contributed by atoms with Crippen molar-refractivity contribution in [2.24, 2.45) is 5.92 Å². The van der Waals surface area contributed by atoms with Crippen LogP contribution in [0.4, 0.5) is 11.4 Å². The average Bonchev–Trinajstić information content (AvgIpc) is 2.99. The van der Waals surface area contributed by atoms with Crippen molar-refractivity contribution in [3.8, 4) is 0 Å². The molecule has 1 heterocycles. The number of hydrogen-bond donors (Lipinski definition) is 2. The summed E-state index contributed by atoms with van der Waals surface area (Å²) < 4.78 is 0. The normalized spacial score (nSPS) is 16.6. The molecule has 0 saturated carbocycles. The molecule has 2 N–H and O–H groups in total. The predicted octanol–water partition coefficient (Wildman–Crippen LogP) is 3.68. The number of aromatic carboxylic acids is 1. The van der Waals surface area contributed by atoms with E-state index in [0.29, 0.717) is 21.4 Å². The van der Waals surface area contributed by atoms with Crippen molar-refractivity contribution >= 4 is 52.4 Å². The second-order valence-corrected chi connectivity index (χ2v) is 6.72. The Bertz CT molecular complexity index is 883. The molecule has 3 rings (SSSR count). The highest BCUT2D eigenvalue weighted by Gasteiger charge is 2.36. The Kier molecular flexibility index (Phi) is 5.15. The smallest absolute Gasteiger partial charge is 0.335 e. The minimum Gasteiger partial charge on any atom is -0.478 e. The van der Waals surface area contributed by atoms with Gasteiger partial charge in [0.25, 0.3) is 0 Å². The average molecular weight is 393 g/mol. The number of carbonyl (C=O) groups excluding carboxylic acids is 2. The molecule has 0 aromatic heterocycles. The lowest BCUT2D eigenvalue weighted by molar-refractivity contribution is -0.122. The Morgan fingerprint density at radius 3 is 2.46 bits per heavy atom. The topological polar surface area (TPSA) is 86.7 Å². The van der Waals surface area contributed by atoms with Crippen LogP contribution in [-0.4, -0.2) is 29.4 Å². The summed E-state index contributed by atoms with van der Waals surface area (Å²) >= 11 is 12.1. The van der Waals surface area contributed by atoms with Crippen LogP contribution < -0.4 is 10.2 Å². The lowest BCUT2D eigenvalue weighted by Crippen LogP contribution is -2.28. The molecular formula is C18H14Cl2N2O4. The molecule has 2 aromatic carbocycles. The van der Waals surface area contributed by atoms with Crippen LogP contribution in [-0.2, 0) is 9.59 Å². The van der Waals surface area contributed by atoms with Crippen LogP contribution in [0.25, 0.3) is 0 Å². The largest absolute Gasteiger partial charge is 0.478 e. The van der Waals surface area contributed by atoms with Crippen molar-refractivity contribution < 1.29 is 19.5 Å². The zero-order valence-corrected chi connectivity index (χ0v) is 14.9. The zero-order valence-electron chi connectivity index (χ0n) is 13.4. The number of nitrogens with one attached hydrogen (secondary N) is 1. The summed E-state index contributed by atoms with van der Waals surface area (Å²) in [5, 5.41) is 12.4. The van der Waals surface area contributed by atoms with Crippen LogP contribution in [0.15, 0.2) is 42.5 Å². The number of amides is 2. The first-order valence-electron chi connectivity index (χ1n) is 7.75. The fourth-order valence-corrected chi connectivity index (χ4v) is 3.14. The SMILES string of the molecule is O=C(O)c1ccc(NC(=O)[C@@H]2CC(=O)N(c3cc(Cl)ccc3Cl)C2)cc1. The quantitative estimate of drug-likeness (QED) is 0.830. The lowest BCUT2D eigenvalue weighted by atomic mass is 10.1. The van der Waals surface area contributed by atoms with Crippen molar-refractivity contribution in [2.75, 3.05) is 16.8 Å². The summed E-state index contributed by atoms with van der Waals surface area (Å²) in [7, 11) is 0. The van der Waals surface area contributed by atoms with E-state index in [4.69, 9.17) is 28.3 Å². The van der Waals surface area contributed by atoms with Crippen molar-refractivity contribution in [2.45, 2.75) is 6.42 Å². The number of rotatable bonds is 4.